The maximum Gasteiger partial charge on any atom is 0.137 e. The molecule has 0 aliphatic heterocycles. The van der Waals surface area contributed by atoms with E-state index in [2.05, 4.69) is 9.97 Å². The molecule has 0 spiro atoms. The van der Waals surface area contributed by atoms with Crippen molar-refractivity contribution >= 4 is 22.9 Å². The first-order valence-corrected chi connectivity index (χ1v) is 4.21. The first kappa shape index (κ1) is 8.50. The zero-order chi connectivity index (χ0) is 9.97. The van der Waals surface area contributed by atoms with Crippen LogP contribution in [0, 0.1) is 5.41 Å². The molecule has 2 aromatic rings. The summed E-state index contributed by atoms with van der Waals surface area (Å²) >= 11 is 0. The summed E-state index contributed by atoms with van der Waals surface area (Å²) in [6.45, 7) is 0. The van der Waals surface area contributed by atoms with Gasteiger partial charge in [-0.05, 0) is 18.2 Å². The Labute approximate surface area is 81.0 Å². The third-order valence-electron chi connectivity index (χ3n) is 2.03. The van der Waals surface area contributed by atoms with E-state index >= 15 is 0 Å². The number of pyridine rings is 1. The van der Waals surface area contributed by atoms with Crippen molar-refractivity contribution in [1.82, 2.24) is 9.97 Å². The third kappa shape index (κ3) is 1.26. The largest absolute Gasteiger partial charge is 0.398 e. The van der Waals surface area contributed by atoms with Crippen molar-refractivity contribution in [3.63, 3.8) is 0 Å². The SMILES string of the molecule is N=C/C=C(\N)c1c[nH]c2ncccc12. The maximum atomic E-state index is 6.94. The van der Waals surface area contributed by atoms with Crippen LogP contribution in [0.1, 0.15) is 5.56 Å². The van der Waals surface area contributed by atoms with Gasteiger partial charge in [-0.1, -0.05) is 0 Å². The highest BCUT2D eigenvalue weighted by Crippen LogP contribution is 2.19. The second kappa shape index (κ2) is 3.33. The van der Waals surface area contributed by atoms with E-state index in [-0.39, 0.29) is 0 Å². The second-order valence-corrected chi connectivity index (χ2v) is 2.89. The molecular weight excluding hydrogens is 176 g/mol. The number of H-pyrrole nitrogens is 1. The molecule has 14 heavy (non-hydrogen) atoms. The van der Waals surface area contributed by atoms with Gasteiger partial charge in [-0.15, -0.1) is 0 Å². The van der Waals surface area contributed by atoms with Gasteiger partial charge in [0.05, 0.1) is 0 Å². The van der Waals surface area contributed by atoms with Crippen molar-refractivity contribution in [2.75, 3.05) is 0 Å². The average molecular weight is 186 g/mol. The third-order valence-corrected chi connectivity index (χ3v) is 2.03. The molecule has 0 amide bonds. The summed E-state index contributed by atoms with van der Waals surface area (Å²) in [5.41, 5.74) is 8.04. The van der Waals surface area contributed by atoms with Crippen LogP contribution in [0.5, 0.6) is 0 Å². The Bertz CT molecular complexity index is 496. The molecule has 4 N–H and O–H groups in total. The van der Waals surface area contributed by atoms with Crippen molar-refractivity contribution in [3.05, 3.63) is 36.2 Å². The van der Waals surface area contributed by atoms with Gasteiger partial charge in [0.15, 0.2) is 0 Å². The molecule has 0 fully saturated rings. The average Bonchev–Trinajstić information content (AvgIpc) is 2.61. The molecule has 2 heterocycles. The number of aromatic amines is 1. The Kier molecular flexibility index (Phi) is 2.02. The minimum atomic E-state index is 0.569. The summed E-state index contributed by atoms with van der Waals surface area (Å²) in [7, 11) is 0. The van der Waals surface area contributed by atoms with Crippen molar-refractivity contribution < 1.29 is 0 Å². The molecule has 4 heteroatoms. The van der Waals surface area contributed by atoms with Crippen LogP contribution >= 0.6 is 0 Å². The normalized spacial score (nSPS) is 11.9. The highest BCUT2D eigenvalue weighted by atomic mass is 14.8. The minimum Gasteiger partial charge on any atom is -0.398 e. The molecule has 0 saturated heterocycles. The fourth-order valence-corrected chi connectivity index (χ4v) is 1.37. The van der Waals surface area contributed by atoms with Crippen LogP contribution in [-0.4, -0.2) is 16.2 Å². The van der Waals surface area contributed by atoms with E-state index in [0.29, 0.717) is 5.70 Å². The van der Waals surface area contributed by atoms with Crippen molar-refractivity contribution in [2.45, 2.75) is 0 Å². The van der Waals surface area contributed by atoms with E-state index in [4.69, 9.17) is 11.1 Å². The van der Waals surface area contributed by atoms with Gasteiger partial charge in [-0.3, -0.25) is 0 Å². The second-order valence-electron chi connectivity index (χ2n) is 2.89. The van der Waals surface area contributed by atoms with E-state index in [0.717, 1.165) is 16.6 Å². The monoisotopic (exact) mass is 186 g/mol. The van der Waals surface area contributed by atoms with E-state index in [9.17, 15) is 0 Å². The minimum absolute atomic E-state index is 0.569. The predicted molar refractivity (Wildman–Crippen MR) is 57.0 cm³/mol. The van der Waals surface area contributed by atoms with E-state index in [1.807, 2.05) is 12.1 Å². The van der Waals surface area contributed by atoms with E-state index in [1.54, 1.807) is 18.5 Å². The van der Waals surface area contributed by atoms with Crippen LogP contribution in [0.25, 0.3) is 16.7 Å². The topological polar surface area (TPSA) is 78.5 Å². The summed E-state index contributed by atoms with van der Waals surface area (Å²) in [5, 5.41) is 7.91. The number of hydrogen-bond acceptors (Lipinski definition) is 3. The Morgan fingerprint density at radius 3 is 3.21 bits per heavy atom. The molecule has 70 valence electrons. The molecule has 0 bridgehead atoms. The molecule has 2 aromatic heterocycles. The van der Waals surface area contributed by atoms with Crippen LogP contribution in [0.15, 0.2) is 30.6 Å². The van der Waals surface area contributed by atoms with Gasteiger partial charge in [0.2, 0.25) is 0 Å². The highest BCUT2D eigenvalue weighted by Gasteiger charge is 2.04. The lowest BCUT2D eigenvalue weighted by molar-refractivity contribution is 1.32. The van der Waals surface area contributed by atoms with Crippen molar-refractivity contribution in [3.8, 4) is 0 Å². The quantitative estimate of drug-likeness (QED) is 0.621. The van der Waals surface area contributed by atoms with E-state index in [1.165, 1.54) is 6.21 Å². The van der Waals surface area contributed by atoms with Crippen LogP contribution in [0.3, 0.4) is 0 Å². The lowest BCUT2D eigenvalue weighted by atomic mass is 10.1. The zero-order valence-electron chi connectivity index (χ0n) is 7.49. The number of allylic oxidation sites excluding steroid dienone is 1. The Morgan fingerprint density at radius 1 is 1.57 bits per heavy atom. The molecule has 0 aromatic carbocycles. The summed E-state index contributed by atoms with van der Waals surface area (Å²) in [6.07, 6.45) is 6.24. The summed E-state index contributed by atoms with van der Waals surface area (Å²) in [6, 6.07) is 3.80. The number of rotatable bonds is 2. The smallest absolute Gasteiger partial charge is 0.137 e. The number of nitrogens with zero attached hydrogens (tertiary/aromatic N) is 1. The van der Waals surface area contributed by atoms with Crippen molar-refractivity contribution in [2.24, 2.45) is 5.73 Å². The number of aromatic nitrogens is 2. The van der Waals surface area contributed by atoms with Crippen LogP contribution in [-0.2, 0) is 0 Å². The molecular formula is C10H10N4. The standard InChI is InChI=1S/C10H10N4/c11-4-3-9(12)8-6-14-10-7(8)2-1-5-13-10/h1-6,11H,12H2,(H,13,14)/b9-3-,11-4?. The molecule has 4 nitrogen and oxygen atoms in total. The fraction of sp³-hybridized carbons (Fsp3) is 0. The molecule has 0 aliphatic carbocycles. The van der Waals surface area contributed by atoms with Gasteiger partial charge in [0.1, 0.15) is 5.65 Å². The van der Waals surface area contributed by atoms with Crippen molar-refractivity contribution in [1.29, 1.82) is 5.41 Å². The number of nitrogens with one attached hydrogen (secondary N) is 2. The first-order chi connectivity index (χ1) is 6.83. The van der Waals surface area contributed by atoms with Gasteiger partial charge in [0, 0.05) is 35.3 Å². The maximum absolute atomic E-state index is 6.94. The molecule has 2 rings (SSSR count). The Balaban J connectivity index is 2.64. The molecule has 0 aliphatic rings. The van der Waals surface area contributed by atoms with Crippen LogP contribution in [0.2, 0.25) is 0 Å². The van der Waals surface area contributed by atoms with Crippen LogP contribution < -0.4 is 5.73 Å². The lowest BCUT2D eigenvalue weighted by Gasteiger charge is -1.96. The zero-order valence-corrected chi connectivity index (χ0v) is 7.49. The number of nitrogens with two attached hydrogens (primary N) is 1. The molecule has 0 unspecified atom stereocenters. The van der Waals surface area contributed by atoms with Gasteiger partial charge < -0.3 is 16.1 Å². The summed E-state index contributed by atoms with van der Waals surface area (Å²) < 4.78 is 0. The van der Waals surface area contributed by atoms with Crippen LogP contribution in [0.4, 0.5) is 0 Å². The number of fused-ring (bicyclic) bond motifs is 1. The summed E-state index contributed by atoms with van der Waals surface area (Å²) in [4.78, 5) is 7.17. The fourth-order valence-electron chi connectivity index (χ4n) is 1.37. The lowest BCUT2D eigenvalue weighted by Crippen LogP contribution is -1.95. The highest BCUT2D eigenvalue weighted by molar-refractivity contribution is 5.93. The Morgan fingerprint density at radius 2 is 2.43 bits per heavy atom. The van der Waals surface area contributed by atoms with Gasteiger partial charge in [-0.25, -0.2) is 4.98 Å². The summed E-state index contributed by atoms with van der Waals surface area (Å²) in [5.74, 6) is 0. The molecule has 0 atom stereocenters. The Hall–Kier alpha value is -2.10. The van der Waals surface area contributed by atoms with Gasteiger partial charge >= 0.3 is 0 Å². The predicted octanol–water partition coefficient (Wildman–Crippen LogP) is 1.51. The van der Waals surface area contributed by atoms with Gasteiger partial charge in [-0.2, -0.15) is 0 Å². The molecule has 0 saturated carbocycles. The number of hydrogen-bond donors (Lipinski definition) is 3. The molecule has 0 radical (unpaired) electrons. The first-order valence-electron chi connectivity index (χ1n) is 4.21. The van der Waals surface area contributed by atoms with Gasteiger partial charge in [0.25, 0.3) is 0 Å². The van der Waals surface area contributed by atoms with E-state index < -0.39 is 0 Å².